The van der Waals surface area contributed by atoms with Crippen LogP contribution in [0.25, 0.3) is 0 Å². The molecule has 1 aromatic rings. The molecule has 0 aromatic heterocycles. The van der Waals surface area contributed by atoms with Gasteiger partial charge >= 0.3 is 0 Å². The van der Waals surface area contributed by atoms with Crippen LogP contribution in [0, 0.1) is 0 Å². The fourth-order valence-electron chi connectivity index (χ4n) is 1.76. The number of rotatable bonds is 5. The van der Waals surface area contributed by atoms with Gasteiger partial charge in [0.2, 0.25) is 5.91 Å². The lowest BCUT2D eigenvalue weighted by Crippen LogP contribution is -2.32. The van der Waals surface area contributed by atoms with Crippen molar-refractivity contribution in [3.05, 3.63) is 28.2 Å². The van der Waals surface area contributed by atoms with E-state index in [0.717, 1.165) is 10.0 Å². The highest BCUT2D eigenvalue weighted by atomic mass is 79.9. The number of ether oxygens (including phenoxy) is 1. The van der Waals surface area contributed by atoms with Crippen LogP contribution >= 0.6 is 15.9 Å². The molecule has 0 saturated heterocycles. The zero-order valence-electron chi connectivity index (χ0n) is 10.8. The number of carbonyl (C=O) groups is 1. The number of halogens is 1. The Morgan fingerprint density at radius 1 is 1.56 bits per heavy atom. The number of hydrogen-bond acceptors (Lipinski definition) is 3. The van der Waals surface area contributed by atoms with Crippen LogP contribution in [0.4, 0.5) is 0 Å². The van der Waals surface area contributed by atoms with Crippen LogP contribution in [-0.4, -0.2) is 36.7 Å². The van der Waals surface area contributed by atoms with Gasteiger partial charge in [-0.3, -0.25) is 4.79 Å². The third kappa shape index (κ3) is 3.23. The van der Waals surface area contributed by atoms with E-state index in [1.807, 2.05) is 18.2 Å². The molecule has 1 aromatic carbocycles. The molecular weight excluding hydrogens is 298 g/mol. The number of aliphatic hydroxyl groups is 1. The molecule has 1 rings (SSSR count). The first-order valence-corrected chi connectivity index (χ1v) is 6.54. The van der Waals surface area contributed by atoms with E-state index >= 15 is 0 Å². The number of carbonyl (C=O) groups excluding carboxylic acids is 1. The zero-order chi connectivity index (χ0) is 13.7. The normalized spacial score (nSPS) is 12.1. The minimum absolute atomic E-state index is 0.0104. The zero-order valence-corrected chi connectivity index (χ0v) is 12.4. The molecular formula is C13H18BrNO3. The number of nitrogens with zero attached hydrogens (tertiary/aromatic N) is 1. The van der Waals surface area contributed by atoms with Crippen LogP contribution in [0.5, 0.6) is 5.75 Å². The largest absolute Gasteiger partial charge is 0.497 e. The van der Waals surface area contributed by atoms with Gasteiger partial charge in [0.05, 0.1) is 19.8 Å². The van der Waals surface area contributed by atoms with E-state index in [9.17, 15) is 9.90 Å². The molecule has 1 amide bonds. The highest BCUT2D eigenvalue weighted by Gasteiger charge is 2.22. The van der Waals surface area contributed by atoms with Crippen LogP contribution in [0.15, 0.2) is 22.7 Å². The summed E-state index contributed by atoms with van der Waals surface area (Å²) < 4.78 is 6.01. The van der Waals surface area contributed by atoms with Crippen LogP contribution < -0.4 is 4.74 Å². The molecule has 0 aliphatic heterocycles. The lowest BCUT2D eigenvalue weighted by atomic mass is 10.1. The van der Waals surface area contributed by atoms with E-state index in [1.54, 1.807) is 26.0 Å². The maximum atomic E-state index is 11.7. The molecule has 0 heterocycles. The highest BCUT2D eigenvalue weighted by Crippen LogP contribution is 2.30. The van der Waals surface area contributed by atoms with E-state index in [-0.39, 0.29) is 18.6 Å². The molecule has 1 atom stereocenters. The van der Waals surface area contributed by atoms with Crippen molar-refractivity contribution in [2.45, 2.75) is 19.4 Å². The summed E-state index contributed by atoms with van der Waals surface area (Å²) in [6.07, 6.45) is 0.411. The minimum atomic E-state index is -0.373. The Morgan fingerprint density at radius 3 is 2.72 bits per heavy atom. The Bertz CT molecular complexity index is 423. The number of benzene rings is 1. The van der Waals surface area contributed by atoms with Gasteiger partial charge in [-0.15, -0.1) is 0 Å². The Balaban J connectivity index is 3.11. The third-order valence-electron chi connectivity index (χ3n) is 2.90. The molecule has 100 valence electrons. The summed E-state index contributed by atoms with van der Waals surface area (Å²) in [6.45, 7) is 1.67. The smallest absolute Gasteiger partial charge is 0.222 e. The predicted molar refractivity (Wildman–Crippen MR) is 73.6 cm³/mol. The van der Waals surface area contributed by atoms with Crippen molar-refractivity contribution in [2.75, 3.05) is 20.8 Å². The van der Waals surface area contributed by atoms with Crippen molar-refractivity contribution in [3.63, 3.8) is 0 Å². The second-order valence-electron chi connectivity index (χ2n) is 3.94. The van der Waals surface area contributed by atoms with Gasteiger partial charge in [-0.2, -0.15) is 0 Å². The molecule has 0 spiro atoms. The summed E-state index contributed by atoms with van der Waals surface area (Å²) in [4.78, 5) is 13.3. The van der Waals surface area contributed by atoms with Gasteiger partial charge in [0.25, 0.3) is 0 Å². The number of likely N-dealkylation sites (N-methyl/N-ethyl adjacent to an activating group) is 1. The summed E-state index contributed by atoms with van der Waals surface area (Å²) in [7, 11) is 3.28. The van der Waals surface area contributed by atoms with Gasteiger partial charge < -0.3 is 14.7 Å². The van der Waals surface area contributed by atoms with E-state index in [0.29, 0.717) is 12.2 Å². The van der Waals surface area contributed by atoms with Crippen molar-refractivity contribution in [1.29, 1.82) is 0 Å². The van der Waals surface area contributed by atoms with Crippen molar-refractivity contribution < 1.29 is 14.6 Å². The van der Waals surface area contributed by atoms with E-state index in [2.05, 4.69) is 15.9 Å². The van der Waals surface area contributed by atoms with Crippen molar-refractivity contribution in [2.24, 2.45) is 0 Å². The highest BCUT2D eigenvalue weighted by molar-refractivity contribution is 9.10. The van der Waals surface area contributed by atoms with Gasteiger partial charge in [-0.25, -0.2) is 0 Å². The van der Waals surface area contributed by atoms with Gasteiger partial charge in [-0.05, 0) is 23.8 Å². The average Bonchev–Trinajstić information content (AvgIpc) is 2.40. The van der Waals surface area contributed by atoms with Crippen LogP contribution in [0.1, 0.15) is 24.9 Å². The molecule has 0 aliphatic carbocycles. The van der Waals surface area contributed by atoms with Crippen molar-refractivity contribution in [1.82, 2.24) is 4.90 Å². The summed E-state index contributed by atoms with van der Waals surface area (Å²) in [5.74, 6) is 0.688. The fraction of sp³-hybridized carbons (Fsp3) is 0.462. The molecule has 4 nitrogen and oxygen atoms in total. The quantitative estimate of drug-likeness (QED) is 0.907. The minimum Gasteiger partial charge on any atom is -0.497 e. The summed E-state index contributed by atoms with van der Waals surface area (Å²) in [5.41, 5.74) is 0.834. The SMILES string of the molecule is CCC(=O)N(C)[C@H](CO)c1cc(OC)ccc1Br. The summed E-state index contributed by atoms with van der Waals surface area (Å²) in [5, 5.41) is 9.53. The summed E-state index contributed by atoms with van der Waals surface area (Å²) >= 11 is 3.44. The number of hydrogen-bond donors (Lipinski definition) is 1. The maximum absolute atomic E-state index is 11.7. The predicted octanol–water partition coefficient (Wildman–Crippen LogP) is 2.36. The number of amides is 1. The van der Waals surface area contributed by atoms with Gasteiger partial charge in [-0.1, -0.05) is 22.9 Å². The molecule has 0 fully saturated rings. The lowest BCUT2D eigenvalue weighted by Gasteiger charge is -2.27. The van der Waals surface area contributed by atoms with Crippen molar-refractivity contribution in [3.8, 4) is 5.75 Å². The summed E-state index contributed by atoms with van der Waals surface area (Å²) in [6, 6.07) is 5.12. The van der Waals surface area contributed by atoms with Gasteiger partial charge in [0.1, 0.15) is 5.75 Å². The molecule has 18 heavy (non-hydrogen) atoms. The molecule has 0 saturated carbocycles. The monoisotopic (exact) mass is 315 g/mol. The topological polar surface area (TPSA) is 49.8 Å². The Hall–Kier alpha value is -1.07. The lowest BCUT2D eigenvalue weighted by molar-refractivity contribution is -0.132. The number of methoxy groups -OCH3 is 1. The Morgan fingerprint density at radius 2 is 2.22 bits per heavy atom. The van der Waals surface area contributed by atoms with Crippen LogP contribution in [0.3, 0.4) is 0 Å². The first-order valence-electron chi connectivity index (χ1n) is 5.75. The molecule has 5 heteroatoms. The van der Waals surface area contributed by atoms with E-state index < -0.39 is 0 Å². The average molecular weight is 316 g/mol. The second kappa shape index (κ2) is 6.75. The first-order chi connectivity index (χ1) is 8.54. The van der Waals surface area contributed by atoms with E-state index in [4.69, 9.17) is 4.74 Å². The Labute approximate surface area is 116 Å². The van der Waals surface area contributed by atoms with Crippen molar-refractivity contribution >= 4 is 21.8 Å². The van der Waals surface area contributed by atoms with Crippen LogP contribution in [0.2, 0.25) is 0 Å². The standard InChI is InChI=1S/C13H18BrNO3/c1-4-13(17)15(2)12(8-16)10-7-9(18-3)5-6-11(10)14/h5-7,12,16H,4,8H2,1-3H3/t12-/m1/s1. The molecule has 0 aliphatic rings. The first kappa shape index (κ1) is 15.0. The molecule has 0 radical (unpaired) electrons. The van der Waals surface area contributed by atoms with Crippen LogP contribution in [-0.2, 0) is 4.79 Å². The Kier molecular flexibility index (Phi) is 5.62. The van der Waals surface area contributed by atoms with Gasteiger partial charge in [0.15, 0.2) is 0 Å². The molecule has 1 N–H and O–H groups in total. The maximum Gasteiger partial charge on any atom is 0.222 e. The van der Waals surface area contributed by atoms with Gasteiger partial charge in [0, 0.05) is 17.9 Å². The molecule has 0 unspecified atom stereocenters. The van der Waals surface area contributed by atoms with E-state index in [1.165, 1.54) is 0 Å². The number of aliphatic hydroxyl groups excluding tert-OH is 1. The molecule has 0 bridgehead atoms. The fourth-order valence-corrected chi connectivity index (χ4v) is 2.27. The second-order valence-corrected chi connectivity index (χ2v) is 4.80. The third-order valence-corrected chi connectivity index (χ3v) is 3.62.